The Balaban J connectivity index is 3.05. The summed E-state index contributed by atoms with van der Waals surface area (Å²) in [4.78, 5) is 19.5. The second-order valence-electron chi connectivity index (χ2n) is 1.80. The van der Waals surface area contributed by atoms with E-state index in [0.29, 0.717) is 25.5 Å². The lowest BCUT2D eigenvalue weighted by molar-refractivity contribution is -0.115. The molecule has 0 saturated carbocycles. The van der Waals surface area contributed by atoms with Crippen molar-refractivity contribution < 1.29 is 14.7 Å². The number of rotatable bonds is 5. The molecule has 0 radical (unpaired) electrons. The molecule has 0 aromatic carbocycles. The smallest absolute Gasteiger partial charge is 0.148 e. The Labute approximate surface area is 53.7 Å². The molecule has 0 unspecified atom stereocenters. The maximum Gasteiger partial charge on any atom is 0.148 e. The average molecular weight is 130 g/mol. The topological polar surface area (TPSA) is 54.4 Å². The van der Waals surface area contributed by atoms with Crippen molar-refractivity contribution in [2.45, 2.75) is 25.4 Å². The van der Waals surface area contributed by atoms with Gasteiger partial charge in [0.25, 0.3) is 0 Å². The average Bonchev–Trinajstić information content (AvgIpc) is 1.89. The van der Waals surface area contributed by atoms with Gasteiger partial charge in [-0.15, -0.1) is 0 Å². The summed E-state index contributed by atoms with van der Waals surface area (Å²) in [6, 6.07) is 0. The molecule has 0 spiro atoms. The normalized spacial score (nSPS) is 12.6. The Morgan fingerprint density at radius 2 is 2.11 bits per heavy atom. The standard InChI is InChI=1S/C6H10O3/c7-4-2-1-3-6(9)5-8/h4-6,9H,1-3H2/t6-/m1/s1. The first-order chi connectivity index (χ1) is 4.31. The highest BCUT2D eigenvalue weighted by molar-refractivity contribution is 5.55. The van der Waals surface area contributed by atoms with Crippen LogP contribution >= 0.6 is 0 Å². The molecule has 0 fully saturated rings. The van der Waals surface area contributed by atoms with Crippen molar-refractivity contribution in [1.29, 1.82) is 0 Å². The van der Waals surface area contributed by atoms with E-state index >= 15 is 0 Å². The van der Waals surface area contributed by atoms with Crippen molar-refractivity contribution in [3.63, 3.8) is 0 Å². The van der Waals surface area contributed by atoms with Gasteiger partial charge in [0.2, 0.25) is 0 Å². The second kappa shape index (κ2) is 5.44. The van der Waals surface area contributed by atoms with E-state index in [1.54, 1.807) is 0 Å². The van der Waals surface area contributed by atoms with E-state index in [1.165, 1.54) is 0 Å². The van der Waals surface area contributed by atoms with Crippen LogP contribution in [0, 0.1) is 0 Å². The molecule has 3 heteroatoms. The molecule has 1 atom stereocenters. The number of aldehydes is 2. The number of carbonyl (C=O) groups is 2. The van der Waals surface area contributed by atoms with Gasteiger partial charge in [0.1, 0.15) is 18.7 Å². The van der Waals surface area contributed by atoms with Crippen LogP contribution < -0.4 is 0 Å². The predicted molar refractivity (Wildman–Crippen MR) is 32.0 cm³/mol. The van der Waals surface area contributed by atoms with Gasteiger partial charge in [0.15, 0.2) is 0 Å². The lowest BCUT2D eigenvalue weighted by atomic mass is 10.2. The van der Waals surface area contributed by atoms with Crippen molar-refractivity contribution in [2.75, 3.05) is 0 Å². The summed E-state index contributed by atoms with van der Waals surface area (Å²) in [5.41, 5.74) is 0. The number of aliphatic hydroxyl groups is 1. The first kappa shape index (κ1) is 8.30. The number of hydrogen-bond donors (Lipinski definition) is 1. The predicted octanol–water partition coefficient (Wildman–Crippen LogP) is -0.0846. The van der Waals surface area contributed by atoms with Gasteiger partial charge in [-0.2, -0.15) is 0 Å². The Morgan fingerprint density at radius 1 is 1.44 bits per heavy atom. The first-order valence-corrected chi connectivity index (χ1v) is 2.88. The lowest BCUT2D eigenvalue weighted by Crippen LogP contribution is -2.06. The molecule has 0 aliphatic heterocycles. The van der Waals surface area contributed by atoms with Crippen LogP contribution in [-0.4, -0.2) is 23.8 Å². The van der Waals surface area contributed by atoms with Crippen molar-refractivity contribution in [3.8, 4) is 0 Å². The maximum atomic E-state index is 9.76. The second-order valence-corrected chi connectivity index (χ2v) is 1.80. The molecule has 1 N–H and O–H groups in total. The fraction of sp³-hybridized carbons (Fsp3) is 0.667. The largest absolute Gasteiger partial charge is 0.386 e. The van der Waals surface area contributed by atoms with E-state index in [2.05, 4.69) is 0 Å². The summed E-state index contributed by atoms with van der Waals surface area (Å²) in [7, 11) is 0. The Kier molecular flexibility index (Phi) is 5.01. The minimum atomic E-state index is -0.884. The van der Waals surface area contributed by atoms with Crippen molar-refractivity contribution >= 4 is 12.6 Å². The van der Waals surface area contributed by atoms with Gasteiger partial charge in [0.05, 0.1) is 0 Å². The monoisotopic (exact) mass is 130 g/mol. The number of hydrogen-bond acceptors (Lipinski definition) is 3. The van der Waals surface area contributed by atoms with Gasteiger partial charge in [-0.1, -0.05) is 0 Å². The quantitative estimate of drug-likeness (QED) is 0.418. The van der Waals surface area contributed by atoms with Crippen molar-refractivity contribution in [1.82, 2.24) is 0 Å². The van der Waals surface area contributed by atoms with Crippen LogP contribution in [-0.2, 0) is 9.59 Å². The van der Waals surface area contributed by atoms with Gasteiger partial charge < -0.3 is 14.7 Å². The molecular weight excluding hydrogens is 120 g/mol. The molecule has 0 bridgehead atoms. The fourth-order valence-electron chi connectivity index (χ4n) is 0.478. The van der Waals surface area contributed by atoms with E-state index in [9.17, 15) is 9.59 Å². The maximum absolute atomic E-state index is 9.76. The minimum Gasteiger partial charge on any atom is -0.386 e. The van der Waals surface area contributed by atoms with E-state index in [4.69, 9.17) is 5.11 Å². The highest BCUT2D eigenvalue weighted by atomic mass is 16.3. The highest BCUT2D eigenvalue weighted by Gasteiger charge is 1.98. The summed E-state index contributed by atoms with van der Waals surface area (Å²) < 4.78 is 0. The van der Waals surface area contributed by atoms with E-state index in [0.717, 1.165) is 6.29 Å². The van der Waals surface area contributed by atoms with Crippen LogP contribution in [0.5, 0.6) is 0 Å². The van der Waals surface area contributed by atoms with Gasteiger partial charge in [-0.25, -0.2) is 0 Å². The van der Waals surface area contributed by atoms with E-state index in [-0.39, 0.29) is 0 Å². The third kappa shape index (κ3) is 5.17. The third-order valence-electron chi connectivity index (χ3n) is 0.979. The molecule has 9 heavy (non-hydrogen) atoms. The summed E-state index contributed by atoms with van der Waals surface area (Å²) >= 11 is 0. The Hall–Kier alpha value is -0.700. The molecule has 0 aliphatic rings. The van der Waals surface area contributed by atoms with Crippen LogP contribution in [0.25, 0.3) is 0 Å². The molecule has 0 saturated heterocycles. The van der Waals surface area contributed by atoms with Crippen LogP contribution in [0.1, 0.15) is 19.3 Å². The van der Waals surface area contributed by atoms with Gasteiger partial charge in [-0.05, 0) is 12.8 Å². The Morgan fingerprint density at radius 3 is 2.56 bits per heavy atom. The molecular formula is C6H10O3. The Bertz CT molecular complexity index is 90.3. The summed E-state index contributed by atoms with van der Waals surface area (Å²) in [5, 5.41) is 8.60. The number of carbonyl (C=O) groups excluding carboxylic acids is 2. The fourth-order valence-corrected chi connectivity index (χ4v) is 0.478. The van der Waals surface area contributed by atoms with E-state index in [1.807, 2.05) is 0 Å². The highest BCUT2D eigenvalue weighted by Crippen LogP contribution is 1.95. The van der Waals surface area contributed by atoms with Gasteiger partial charge >= 0.3 is 0 Å². The molecule has 0 amide bonds. The molecule has 0 heterocycles. The SMILES string of the molecule is O=CCCC[C@@H](O)C=O. The molecule has 0 rings (SSSR count). The van der Waals surface area contributed by atoms with Crippen molar-refractivity contribution in [3.05, 3.63) is 0 Å². The molecule has 3 nitrogen and oxygen atoms in total. The summed E-state index contributed by atoms with van der Waals surface area (Å²) in [5.74, 6) is 0. The van der Waals surface area contributed by atoms with Gasteiger partial charge in [-0.3, -0.25) is 0 Å². The van der Waals surface area contributed by atoms with Crippen LogP contribution in [0.3, 0.4) is 0 Å². The first-order valence-electron chi connectivity index (χ1n) is 2.88. The zero-order chi connectivity index (χ0) is 7.11. The van der Waals surface area contributed by atoms with Gasteiger partial charge in [0, 0.05) is 6.42 Å². The number of aliphatic hydroxyl groups excluding tert-OH is 1. The molecule has 0 aromatic heterocycles. The summed E-state index contributed by atoms with van der Waals surface area (Å²) in [6.07, 6.45) is 1.77. The van der Waals surface area contributed by atoms with Crippen LogP contribution in [0.15, 0.2) is 0 Å². The molecule has 0 aromatic rings. The summed E-state index contributed by atoms with van der Waals surface area (Å²) in [6.45, 7) is 0. The zero-order valence-corrected chi connectivity index (χ0v) is 5.12. The third-order valence-corrected chi connectivity index (χ3v) is 0.979. The number of unbranched alkanes of at least 4 members (excludes halogenated alkanes) is 1. The zero-order valence-electron chi connectivity index (χ0n) is 5.12. The molecule has 0 aliphatic carbocycles. The van der Waals surface area contributed by atoms with Crippen molar-refractivity contribution in [2.24, 2.45) is 0 Å². The lowest BCUT2D eigenvalue weighted by Gasteiger charge is -1.97. The van der Waals surface area contributed by atoms with Crippen LogP contribution in [0.2, 0.25) is 0 Å². The van der Waals surface area contributed by atoms with Crippen LogP contribution in [0.4, 0.5) is 0 Å². The van der Waals surface area contributed by atoms with E-state index < -0.39 is 6.10 Å². The molecule has 52 valence electrons. The minimum absolute atomic E-state index is 0.391.